The lowest BCUT2D eigenvalue weighted by molar-refractivity contribution is 0.00690. The van der Waals surface area contributed by atoms with E-state index in [1.807, 2.05) is 37.8 Å². The number of furan rings is 1. The van der Waals surface area contributed by atoms with E-state index in [1.54, 1.807) is 0 Å². The van der Waals surface area contributed by atoms with Gasteiger partial charge in [-0.05, 0) is 52.7 Å². The van der Waals surface area contributed by atoms with Crippen molar-refractivity contribution in [1.82, 2.24) is 10.2 Å². The molecule has 0 aromatic carbocycles. The molecular formula is C18H30N2O3. The second-order valence-electron chi connectivity index (χ2n) is 7.27. The molecule has 1 aliphatic rings. The normalized spacial score (nSPS) is 22.2. The highest BCUT2D eigenvalue weighted by atomic mass is 16.6. The topological polar surface area (TPSA) is 54.7 Å². The number of amides is 1. The number of aryl methyl sites for hydroxylation is 1. The number of rotatable bonds is 4. The lowest BCUT2D eigenvalue weighted by atomic mass is 9.98. The van der Waals surface area contributed by atoms with Gasteiger partial charge in [-0.3, -0.25) is 0 Å². The van der Waals surface area contributed by atoms with Crippen LogP contribution < -0.4 is 5.32 Å². The van der Waals surface area contributed by atoms with E-state index >= 15 is 0 Å². The monoisotopic (exact) mass is 322 g/mol. The summed E-state index contributed by atoms with van der Waals surface area (Å²) in [5, 5.41) is 3.53. The first kappa shape index (κ1) is 17.9. The Labute approximate surface area is 139 Å². The van der Waals surface area contributed by atoms with Crippen molar-refractivity contribution in [3.63, 3.8) is 0 Å². The summed E-state index contributed by atoms with van der Waals surface area (Å²) in [5.41, 5.74) is -0.456. The third kappa shape index (κ3) is 4.99. The minimum atomic E-state index is -0.456. The van der Waals surface area contributed by atoms with Crippen LogP contribution in [0.15, 0.2) is 16.5 Å². The molecule has 1 amide bonds. The van der Waals surface area contributed by atoms with Gasteiger partial charge in [-0.15, -0.1) is 0 Å². The summed E-state index contributed by atoms with van der Waals surface area (Å²) in [5.74, 6) is 1.96. The zero-order chi connectivity index (χ0) is 17.0. The van der Waals surface area contributed by atoms with Crippen LogP contribution in [0.4, 0.5) is 4.79 Å². The molecule has 0 spiro atoms. The smallest absolute Gasteiger partial charge is 0.410 e. The fourth-order valence-electron chi connectivity index (χ4n) is 2.93. The molecule has 130 valence electrons. The van der Waals surface area contributed by atoms with Gasteiger partial charge >= 0.3 is 6.09 Å². The molecule has 1 aliphatic heterocycles. The Morgan fingerprint density at radius 1 is 1.39 bits per heavy atom. The maximum Gasteiger partial charge on any atom is 0.410 e. The standard InChI is InChI=1S/C18H30N2O3/c1-6-14-9-10-15(22-14)12-19-16-8-7-11-20(13(16)2)17(21)23-18(3,4)5/h9-10,13,16,19H,6-8,11-12H2,1-5H3. The summed E-state index contributed by atoms with van der Waals surface area (Å²) in [7, 11) is 0. The number of nitrogens with one attached hydrogen (secondary N) is 1. The molecule has 2 unspecified atom stereocenters. The minimum absolute atomic E-state index is 0.110. The Balaban J connectivity index is 1.91. The predicted octanol–water partition coefficient (Wildman–Crippen LogP) is 3.72. The van der Waals surface area contributed by atoms with Crippen molar-refractivity contribution >= 4 is 6.09 Å². The summed E-state index contributed by atoms with van der Waals surface area (Å²) < 4.78 is 11.2. The first-order valence-corrected chi connectivity index (χ1v) is 8.60. The average Bonchev–Trinajstić information content (AvgIpc) is 2.92. The predicted molar refractivity (Wildman–Crippen MR) is 90.3 cm³/mol. The summed E-state index contributed by atoms with van der Waals surface area (Å²) in [6.07, 6.45) is 2.73. The van der Waals surface area contributed by atoms with Crippen LogP contribution in [-0.4, -0.2) is 35.2 Å². The zero-order valence-corrected chi connectivity index (χ0v) is 15.0. The number of carbonyl (C=O) groups excluding carboxylic acids is 1. The fraction of sp³-hybridized carbons (Fsp3) is 0.722. The second kappa shape index (κ2) is 7.39. The SMILES string of the molecule is CCc1ccc(CNC2CCCN(C(=O)OC(C)(C)C)C2C)o1. The van der Waals surface area contributed by atoms with E-state index in [2.05, 4.69) is 19.2 Å². The van der Waals surface area contributed by atoms with Gasteiger partial charge in [0.1, 0.15) is 17.1 Å². The number of carbonyl (C=O) groups is 1. The van der Waals surface area contributed by atoms with Crippen molar-refractivity contribution in [3.05, 3.63) is 23.7 Å². The average molecular weight is 322 g/mol. The summed E-state index contributed by atoms with van der Waals surface area (Å²) in [6, 6.07) is 4.41. The molecule has 1 aromatic rings. The highest BCUT2D eigenvalue weighted by Crippen LogP contribution is 2.21. The van der Waals surface area contributed by atoms with Gasteiger partial charge in [0.25, 0.3) is 0 Å². The van der Waals surface area contributed by atoms with Crippen LogP contribution in [0.1, 0.15) is 59.0 Å². The number of ether oxygens (including phenoxy) is 1. The summed E-state index contributed by atoms with van der Waals surface area (Å²) >= 11 is 0. The van der Waals surface area contributed by atoms with Crippen LogP contribution >= 0.6 is 0 Å². The van der Waals surface area contributed by atoms with Crippen molar-refractivity contribution in [3.8, 4) is 0 Å². The molecular weight excluding hydrogens is 292 g/mol. The van der Waals surface area contributed by atoms with Crippen LogP contribution in [0.5, 0.6) is 0 Å². The van der Waals surface area contributed by atoms with E-state index in [4.69, 9.17) is 9.15 Å². The molecule has 1 aromatic heterocycles. The first-order valence-electron chi connectivity index (χ1n) is 8.60. The van der Waals surface area contributed by atoms with E-state index in [-0.39, 0.29) is 18.2 Å². The molecule has 1 N–H and O–H groups in total. The van der Waals surface area contributed by atoms with Gasteiger partial charge in [0.15, 0.2) is 0 Å². The van der Waals surface area contributed by atoms with Crippen LogP contribution in [0.3, 0.4) is 0 Å². The van der Waals surface area contributed by atoms with Gasteiger partial charge in [0.2, 0.25) is 0 Å². The highest BCUT2D eigenvalue weighted by molar-refractivity contribution is 5.68. The Kier molecular flexibility index (Phi) is 5.74. The molecule has 5 heteroatoms. The molecule has 2 heterocycles. The Hall–Kier alpha value is -1.49. The van der Waals surface area contributed by atoms with Crippen molar-refractivity contribution in [2.24, 2.45) is 0 Å². The minimum Gasteiger partial charge on any atom is -0.465 e. The van der Waals surface area contributed by atoms with Crippen molar-refractivity contribution in [2.75, 3.05) is 6.54 Å². The molecule has 5 nitrogen and oxygen atoms in total. The lowest BCUT2D eigenvalue weighted by Crippen LogP contribution is -2.55. The molecule has 0 bridgehead atoms. The molecule has 1 saturated heterocycles. The van der Waals surface area contributed by atoms with Crippen LogP contribution in [-0.2, 0) is 17.7 Å². The summed E-state index contributed by atoms with van der Waals surface area (Å²) in [6.45, 7) is 11.3. The maximum atomic E-state index is 12.3. The third-order valence-corrected chi connectivity index (χ3v) is 4.22. The van der Waals surface area contributed by atoms with Gasteiger partial charge in [0.05, 0.1) is 6.54 Å². The number of hydrogen-bond donors (Lipinski definition) is 1. The number of hydrogen-bond acceptors (Lipinski definition) is 4. The lowest BCUT2D eigenvalue weighted by Gasteiger charge is -2.40. The quantitative estimate of drug-likeness (QED) is 0.918. The van der Waals surface area contributed by atoms with Gasteiger partial charge in [0, 0.05) is 25.0 Å². The molecule has 0 radical (unpaired) electrons. The molecule has 0 aliphatic carbocycles. The van der Waals surface area contributed by atoms with Gasteiger partial charge < -0.3 is 19.4 Å². The first-order chi connectivity index (χ1) is 10.8. The number of nitrogens with zero attached hydrogens (tertiary/aromatic N) is 1. The van der Waals surface area contributed by atoms with Crippen LogP contribution in [0.2, 0.25) is 0 Å². The van der Waals surface area contributed by atoms with Crippen molar-refractivity contribution < 1.29 is 13.9 Å². The molecule has 2 rings (SSSR count). The van der Waals surface area contributed by atoms with E-state index in [0.717, 1.165) is 37.3 Å². The third-order valence-electron chi connectivity index (χ3n) is 4.22. The van der Waals surface area contributed by atoms with Crippen molar-refractivity contribution in [1.29, 1.82) is 0 Å². The maximum absolute atomic E-state index is 12.3. The Morgan fingerprint density at radius 3 is 2.70 bits per heavy atom. The molecule has 0 saturated carbocycles. The van der Waals surface area contributed by atoms with Crippen LogP contribution in [0, 0.1) is 0 Å². The van der Waals surface area contributed by atoms with E-state index in [1.165, 1.54) is 0 Å². The fourth-order valence-corrected chi connectivity index (χ4v) is 2.93. The highest BCUT2D eigenvalue weighted by Gasteiger charge is 2.33. The van der Waals surface area contributed by atoms with E-state index in [0.29, 0.717) is 6.54 Å². The largest absolute Gasteiger partial charge is 0.465 e. The number of piperidine rings is 1. The van der Waals surface area contributed by atoms with Gasteiger partial charge in [-0.1, -0.05) is 6.92 Å². The van der Waals surface area contributed by atoms with E-state index in [9.17, 15) is 4.79 Å². The second-order valence-corrected chi connectivity index (χ2v) is 7.27. The van der Waals surface area contributed by atoms with Gasteiger partial charge in [-0.2, -0.15) is 0 Å². The van der Waals surface area contributed by atoms with E-state index < -0.39 is 5.60 Å². The van der Waals surface area contributed by atoms with Crippen molar-refractivity contribution in [2.45, 2.75) is 78.1 Å². The summed E-state index contributed by atoms with van der Waals surface area (Å²) in [4.78, 5) is 14.2. The molecule has 1 fully saturated rings. The molecule has 23 heavy (non-hydrogen) atoms. The Morgan fingerprint density at radius 2 is 2.09 bits per heavy atom. The zero-order valence-electron chi connectivity index (χ0n) is 15.0. The Bertz CT molecular complexity index is 519. The van der Waals surface area contributed by atoms with Gasteiger partial charge in [-0.25, -0.2) is 4.79 Å². The molecule has 2 atom stereocenters. The van der Waals surface area contributed by atoms with Crippen LogP contribution in [0.25, 0.3) is 0 Å². The number of likely N-dealkylation sites (tertiary alicyclic amines) is 1.